The lowest BCUT2D eigenvalue weighted by atomic mass is 10.2. The lowest BCUT2D eigenvalue weighted by Crippen LogP contribution is -2.36. The molecule has 2 saturated heterocycles. The van der Waals surface area contributed by atoms with Crippen molar-refractivity contribution in [2.24, 2.45) is 0 Å². The number of nitrogens with two attached hydrogens (primary N) is 1. The van der Waals surface area contributed by atoms with E-state index >= 15 is 0 Å². The van der Waals surface area contributed by atoms with Crippen LogP contribution in [0.1, 0.15) is 6.42 Å². The molecule has 0 amide bonds. The summed E-state index contributed by atoms with van der Waals surface area (Å²) in [4.78, 5) is 28.0. The maximum absolute atomic E-state index is 9.92. The van der Waals surface area contributed by atoms with Crippen LogP contribution in [-0.4, -0.2) is 75.5 Å². The van der Waals surface area contributed by atoms with Crippen molar-refractivity contribution in [3.8, 4) is 21.8 Å². The summed E-state index contributed by atoms with van der Waals surface area (Å²) < 4.78 is 6.59. The van der Waals surface area contributed by atoms with Crippen LogP contribution in [-0.2, 0) is 4.74 Å². The van der Waals surface area contributed by atoms with Gasteiger partial charge in [0.15, 0.2) is 11.6 Å². The summed E-state index contributed by atoms with van der Waals surface area (Å²) in [5, 5.41) is 9.92. The van der Waals surface area contributed by atoms with Gasteiger partial charge in [0, 0.05) is 49.6 Å². The number of anilines is 3. The van der Waals surface area contributed by atoms with Crippen LogP contribution in [0.15, 0.2) is 36.8 Å². The highest BCUT2D eigenvalue weighted by atomic mass is 32.1. The summed E-state index contributed by atoms with van der Waals surface area (Å²) >= 11 is 1.67. The summed E-state index contributed by atoms with van der Waals surface area (Å²) in [5.74, 6) is 2.56. The maximum Gasteiger partial charge on any atom is 0.219 e. The van der Waals surface area contributed by atoms with E-state index in [2.05, 4.69) is 36.9 Å². The van der Waals surface area contributed by atoms with Crippen LogP contribution >= 0.6 is 11.3 Å². The smallest absolute Gasteiger partial charge is 0.219 e. The number of morpholine rings is 1. The van der Waals surface area contributed by atoms with Crippen molar-refractivity contribution in [3.05, 3.63) is 36.8 Å². The number of thiophene rings is 1. The lowest BCUT2D eigenvalue weighted by molar-refractivity contribution is 0.122. The standard InChI is InChI=1S/C23H24N8O2S/c24-23-26-11-15(12-27-23)21-28-17-10-18(34-20(17)22(29-21)30-5-7-33-8-6-30)14-1-3-25-19(9-14)31-4-2-16(32)13-31/h1,3,9-12,16,32H,2,4-8,13H2,(H2,24,26,27). The average molecular weight is 477 g/mol. The number of nitrogen functional groups attached to an aromatic ring is 1. The molecule has 3 N–H and O–H groups in total. The number of aromatic nitrogens is 5. The van der Waals surface area contributed by atoms with E-state index in [4.69, 9.17) is 20.4 Å². The number of aliphatic hydroxyl groups is 1. The Morgan fingerprint density at radius 3 is 2.59 bits per heavy atom. The molecule has 10 nitrogen and oxygen atoms in total. The molecule has 1 atom stereocenters. The van der Waals surface area contributed by atoms with Crippen molar-refractivity contribution in [2.45, 2.75) is 12.5 Å². The predicted octanol–water partition coefficient (Wildman–Crippen LogP) is 2.20. The Hall–Kier alpha value is -3.41. The molecule has 1 unspecified atom stereocenters. The molecule has 6 rings (SSSR count). The minimum absolute atomic E-state index is 0.218. The number of rotatable bonds is 4. The number of pyridine rings is 1. The zero-order valence-electron chi connectivity index (χ0n) is 18.5. The fraction of sp³-hybridized carbons (Fsp3) is 0.348. The Kier molecular flexibility index (Phi) is 5.44. The second kappa shape index (κ2) is 8.75. The van der Waals surface area contributed by atoms with Gasteiger partial charge in [-0.1, -0.05) is 0 Å². The molecule has 174 valence electrons. The number of β-amino-alcohol motifs (C(OH)–C–C–N with tert-alkyl or cyclic N) is 1. The van der Waals surface area contributed by atoms with Crippen molar-refractivity contribution in [1.82, 2.24) is 24.9 Å². The van der Waals surface area contributed by atoms with E-state index in [1.54, 1.807) is 23.7 Å². The summed E-state index contributed by atoms with van der Waals surface area (Å²) in [6, 6.07) is 6.20. The normalized spacial score (nSPS) is 18.7. The van der Waals surface area contributed by atoms with Gasteiger partial charge in [0.25, 0.3) is 0 Å². The van der Waals surface area contributed by atoms with E-state index in [9.17, 15) is 5.11 Å². The largest absolute Gasteiger partial charge is 0.391 e. The molecule has 0 spiro atoms. The van der Waals surface area contributed by atoms with Crippen molar-refractivity contribution >= 4 is 39.1 Å². The minimum atomic E-state index is -0.295. The van der Waals surface area contributed by atoms with Gasteiger partial charge < -0.3 is 25.4 Å². The molecule has 4 aromatic rings. The number of hydrogen-bond acceptors (Lipinski definition) is 11. The van der Waals surface area contributed by atoms with Gasteiger partial charge in [0.2, 0.25) is 5.95 Å². The first-order valence-electron chi connectivity index (χ1n) is 11.3. The first-order chi connectivity index (χ1) is 16.6. The van der Waals surface area contributed by atoms with Crippen LogP contribution in [0.3, 0.4) is 0 Å². The molecule has 0 aromatic carbocycles. The second-order valence-electron chi connectivity index (χ2n) is 8.42. The molecule has 0 radical (unpaired) electrons. The Morgan fingerprint density at radius 2 is 1.82 bits per heavy atom. The van der Waals surface area contributed by atoms with Crippen LogP contribution in [0.25, 0.3) is 32.0 Å². The second-order valence-corrected chi connectivity index (χ2v) is 9.47. The molecule has 2 fully saturated rings. The van der Waals surface area contributed by atoms with Crippen LogP contribution in [0.2, 0.25) is 0 Å². The number of fused-ring (bicyclic) bond motifs is 1. The van der Waals surface area contributed by atoms with Crippen LogP contribution < -0.4 is 15.5 Å². The SMILES string of the molecule is Nc1ncc(-c2nc(N3CCOCC3)c3sc(-c4ccnc(N5CCC(O)C5)c4)cc3n2)cn1. The molecule has 0 saturated carbocycles. The Bertz CT molecular complexity index is 1320. The van der Waals surface area contributed by atoms with E-state index in [0.29, 0.717) is 25.6 Å². The molecular weight excluding hydrogens is 452 g/mol. The summed E-state index contributed by atoms with van der Waals surface area (Å²) in [7, 11) is 0. The minimum Gasteiger partial charge on any atom is -0.391 e. The van der Waals surface area contributed by atoms with Crippen molar-refractivity contribution in [2.75, 3.05) is 54.9 Å². The molecule has 11 heteroatoms. The van der Waals surface area contributed by atoms with Crippen LogP contribution in [0, 0.1) is 0 Å². The van der Waals surface area contributed by atoms with Gasteiger partial charge in [0.05, 0.1) is 35.1 Å². The molecule has 0 bridgehead atoms. The quantitative estimate of drug-likeness (QED) is 0.452. The predicted molar refractivity (Wildman–Crippen MR) is 132 cm³/mol. The van der Waals surface area contributed by atoms with Crippen LogP contribution in [0.5, 0.6) is 0 Å². The number of aliphatic hydroxyl groups excluding tert-OH is 1. The van der Waals surface area contributed by atoms with E-state index in [-0.39, 0.29) is 12.1 Å². The summed E-state index contributed by atoms with van der Waals surface area (Å²) in [5.41, 5.74) is 8.33. The molecule has 0 aliphatic carbocycles. The Morgan fingerprint density at radius 1 is 1.00 bits per heavy atom. The molecule has 4 aromatic heterocycles. The highest BCUT2D eigenvalue weighted by Gasteiger charge is 2.23. The molecule has 34 heavy (non-hydrogen) atoms. The van der Waals surface area contributed by atoms with Gasteiger partial charge in [-0.2, -0.15) is 0 Å². The van der Waals surface area contributed by atoms with E-state index in [0.717, 1.165) is 63.9 Å². The van der Waals surface area contributed by atoms with Crippen molar-refractivity contribution < 1.29 is 9.84 Å². The molecule has 6 heterocycles. The highest BCUT2D eigenvalue weighted by molar-refractivity contribution is 7.22. The van der Waals surface area contributed by atoms with Gasteiger partial charge >= 0.3 is 0 Å². The van der Waals surface area contributed by atoms with Crippen molar-refractivity contribution in [3.63, 3.8) is 0 Å². The summed E-state index contributed by atoms with van der Waals surface area (Å²) in [6.07, 6.45) is 5.60. The van der Waals surface area contributed by atoms with Gasteiger partial charge in [0.1, 0.15) is 5.82 Å². The number of nitrogens with zero attached hydrogens (tertiary/aromatic N) is 7. The van der Waals surface area contributed by atoms with Crippen molar-refractivity contribution in [1.29, 1.82) is 0 Å². The number of hydrogen-bond donors (Lipinski definition) is 2. The Labute approximate surface area is 200 Å². The van der Waals surface area contributed by atoms with Gasteiger partial charge in [-0.25, -0.2) is 24.9 Å². The van der Waals surface area contributed by atoms with E-state index < -0.39 is 0 Å². The maximum atomic E-state index is 9.92. The van der Waals surface area contributed by atoms with E-state index in [1.165, 1.54) is 0 Å². The van der Waals surface area contributed by atoms with Gasteiger partial charge in [-0.15, -0.1) is 11.3 Å². The van der Waals surface area contributed by atoms with Gasteiger partial charge in [-0.05, 0) is 30.2 Å². The lowest BCUT2D eigenvalue weighted by Gasteiger charge is -2.28. The first-order valence-corrected chi connectivity index (χ1v) is 12.1. The fourth-order valence-corrected chi connectivity index (χ4v) is 5.43. The first kappa shape index (κ1) is 21.1. The van der Waals surface area contributed by atoms with Crippen LogP contribution in [0.4, 0.5) is 17.6 Å². The van der Waals surface area contributed by atoms with Gasteiger partial charge in [-0.3, -0.25) is 0 Å². The highest BCUT2D eigenvalue weighted by Crippen LogP contribution is 2.39. The Balaban J connectivity index is 1.44. The molecule has 2 aliphatic heterocycles. The third-order valence-corrected chi connectivity index (χ3v) is 7.28. The molecule has 2 aliphatic rings. The summed E-state index contributed by atoms with van der Waals surface area (Å²) in [6.45, 7) is 4.30. The third-order valence-electron chi connectivity index (χ3n) is 6.11. The zero-order valence-corrected chi connectivity index (χ0v) is 19.3. The fourth-order valence-electron chi connectivity index (χ4n) is 4.32. The topological polar surface area (TPSA) is 126 Å². The zero-order chi connectivity index (χ0) is 23.1. The number of ether oxygens (including phenoxy) is 1. The molecular formula is C23H24N8O2S. The monoisotopic (exact) mass is 476 g/mol. The van der Waals surface area contributed by atoms with E-state index in [1.807, 2.05) is 12.3 Å². The average Bonchev–Trinajstić information content (AvgIpc) is 3.51. The third kappa shape index (κ3) is 4.02.